The van der Waals surface area contributed by atoms with Crippen molar-refractivity contribution in [3.05, 3.63) is 22.7 Å². The third kappa shape index (κ3) is 1.42. The standard InChI is InChI=1S/C12H17N3O3/c13-10-1-2-15(11(18)14-10)9-3-7(5-16)12(6-17)4-8(9)12/h1-2,7-9,16-17H,3-6H2,(H2,13,14,18). The molecule has 1 heterocycles. The van der Waals surface area contributed by atoms with Gasteiger partial charge in [-0.05, 0) is 30.7 Å². The van der Waals surface area contributed by atoms with Gasteiger partial charge in [-0.15, -0.1) is 0 Å². The number of nitrogen functional groups attached to an aromatic ring is 1. The van der Waals surface area contributed by atoms with Crippen molar-refractivity contribution in [3.63, 3.8) is 0 Å². The molecule has 98 valence electrons. The van der Waals surface area contributed by atoms with E-state index in [4.69, 9.17) is 5.73 Å². The van der Waals surface area contributed by atoms with Gasteiger partial charge in [0.15, 0.2) is 0 Å². The zero-order chi connectivity index (χ0) is 12.9. The summed E-state index contributed by atoms with van der Waals surface area (Å²) in [7, 11) is 0. The third-order valence-corrected chi connectivity index (χ3v) is 4.71. The summed E-state index contributed by atoms with van der Waals surface area (Å²) in [6.07, 6.45) is 3.25. The maximum atomic E-state index is 11.8. The summed E-state index contributed by atoms with van der Waals surface area (Å²) in [6.45, 7) is 0.140. The average molecular weight is 251 g/mol. The van der Waals surface area contributed by atoms with Gasteiger partial charge in [0, 0.05) is 30.9 Å². The topological polar surface area (TPSA) is 101 Å². The minimum absolute atomic E-state index is 0.0231. The van der Waals surface area contributed by atoms with E-state index in [1.807, 2.05) is 0 Å². The van der Waals surface area contributed by atoms with E-state index in [2.05, 4.69) is 4.98 Å². The number of anilines is 1. The molecule has 2 saturated carbocycles. The molecule has 2 fully saturated rings. The fourth-order valence-corrected chi connectivity index (χ4v) is 3.58. The van der Waals surface area contributed by atoms with Crippen LogP contribution in [0.15, 0.2) is 17.1 Å². The van der Waals surface area contributed by atoms with Crippen molar-refractivity contribution in [1.82, 2.24) is 9.55 Å². The number of aliphatic hydroxyl groups is 2. The van der Waals surface area contributed by atoms with Crippen molar-refractivity contribution in [2.75, 3.05) is 18.9 Å². The van der Waals surface area contributed by atoms with Crippen molar-refractivity contribution in [2.24, 2.45) is 17.3 Å². The predicted molar refractivity (Wildman–Crippen MR) is 64.8 cm³/mol. The van der Waals surface area contributed by atoms with Crippen LogP contribution >= 0.6 is 0 Å². The quantitative estimate of drug-likeness (QED) is 0.664. The van der Waals surface area contributed by atoms with Crippen LogP contribution in [0.1, 0.15) is 18.9 Å². The molecular formula is C12H17N3O3. The highest BCUT2D eigenvalue weighted by atomic mass is 16.3. The summed E-state index contributed by atoms with van der Waals surface area (Å²) in [5.74, 6) is 0.557. The molecule has 6 nitrogen and oxygen atoms in total. The fraction of sp³-hybridized carbons (Fsp3) is 0.667. The molecule has 1 aromatic rings. The van der Waals surface area contributed by atoms with Gasteiger partial charge in [0.05, 0.1) is 0 Å². The Morgan fingerprint density at radius 2 is 2.33 bits per heavy atom. The summed E-state index contributed by atoms with van der Waals surface area (Å²) >= 11 is 0. The fourth-order valence-electron chi connectivity index (χ4n) is 3.58. The number of fused-ring (bicyclic) bond motifs is 1. The maximum absolute atomic E-state index is 11.8. The Morgan fingerprint density at radius 3 is 2.89 bits per heavy atom. The molecule has 4 unspecified atom stereocenters. The van der Waals surface area contributed by atoms with E-state index < -0.39 is 0 Å². The summed E-state index contributed by atoms with van der Waals surface area (Å²) < 4.78 is 1.59. The van der Waals surface area contributed by atoms with Crippen molar-refractivity contribution in [1.29, 1.82) is 0 Å². The maximum Gasteiger partial charge on any atom is 0.349 e. The van der Waals surface area contributed by atoms with Gasteiger partial charge in [-0.3, -0.25) is 4.57 Å². The number of nitrogens with zero attached hydrogens (tertiary/aromatic N) is 2. The minimum Gasteiger partial charge on any atom is -0.396 e. The Balaban J connectivity index is 1.94. The lowest BCUT2D eigenvalue weighted by atomic mass is 9.92. The summed E-state index contributed by atoms with van der Waals surface area (Å²) in [4.78, 5) is 15.6. The molecular weight excluding hydrogens is 234 g/mol. The van der Waals surface area contributed by atoms with E-state index in [1.54, 1.807) is 16.8 Å². The smallest absolute Gasteiger partial charge is 0.349 e. The van der Waals surface area contributed by atoms with Crippen LogP contribution in [-0.2, 0) is 0 Å². The van der Waals surface area contributed by atoms with E-state index in [0.717, 1.165) is 6.42 Å². The molecule has 0 spiro atoms. The molecule has 0 saturated heterocycles. The molecule has 0 aliphatic heterocycles. The molecule has 18 heavy (non-hydrogen) atoms. The molecule has 2 aliphatic carbocycles. The monoisotopic (exact) mass is 251 g/mol. The van der Waals surface area contributed by atoms with E-state index in [0.29, 0.717) is 6.42 Å². The molecule has 4 atom stereocenters. The SMILES string of the molecule is Nc1ccn(C2CC(CO)C3(CO)CC23)c(=O)n1. The highest BCUT2D eigenvalue weighted by molar-refractivity contribution is 5.24. The summed E-state index contributed by atoms with van der Waals surface area (Å²) in [6, 6.07) is 1.63. The van der Waals surface area contributed by atoms with Crippen molar-refractivity contribution >= 4 is 5.82 Å². The summed E-state index contributed by atoms with van der Waals surface area (Å²) in [5, 5.41) is 18.9. The molecule has 6 heteroatoms. The van der Waals surface area contributed by atoms with Crippen LogP contribution < -0.4 is 11.4 Å². The number of hydrogen-bond acceptors (Lipinski definition) is 5. The number of aromatic nitrogens is 2. The number of hydrogen-bond donors (Lipinski definition) is 3. The van der Waals surface area contributed by atoms with Crippen LogP contribution in [0.25, 0.3) is 0 Å². The molecule has 3 rings (SSSR count). The molecule has 0 aromatic carbocycles. The normalized spacial score (nSPS) is 37.6. The Bertz CT molecular complexity index is 530. The molecule has 0 radical (unpaired) electrons. The largest absolute Gasteiger partial charge is 0.396 e. The lowest BCUT2D eigenvalue weighted by Gasteiger charge is -2.19. The van der Waals surface area contributed by atoms with Crippen LogP contribution in [0.4, 0.5) is 5.82 Å². The highest BCUT2D eigenvalue weighted by Crippen LogP contribution is 2.69. The van der Waals surface area contributed by atoms with Crippen LogP contribution in [0.2, 0.25) is 0 Å². The van der Waals surface area contributed by atoms with E-state index in [9.17, 15) is 15.0 Å². The number of rotatable bonds is 3. The van der Waals surface area contributed by atoms with E-state index in [-0.39, 0.29) is 48.0 Å². The van der Waals surface area contributed by atoms with Crippen LogP contribution in [0.3, 0.4) is 0 Å². The van der Waals surface area contributed by atoms with Crippen molar-refractivity contribution < 1.29 is 10.2 Å². The molecule has 4 N–H and O–H groups in total. The van der Waals surface area contributed by atoms with Gasteiger partial charge in [-0.2, -0.15) is 4.98 Å². The van der Waals surface area contributed by atoms with Gasteiger partial charge in [0.1, 0.15) is 5.82 Å². The van der Waals surface area contributed by atoms with Gasteiger partial charge in [0.25, 0.3) is 0 Å². The van der Waals surface area contributed by atoms with Crippen LogP contribution in [0, 0.1) is 17.3 Å². The molecule has 1 aromatic heterocycles. The molecule has 2 aliphatic rings. The molecule has 0 bridgehead atoms. The van der Waals surface area contributed by atoms with Gasteiger partial charge in [0.2, 0.25) is 0 Å². The number of aliphatic hydroxyl groups excluding tert-OH is 2. The first kappa shape index (κ1) is 11.7. The van der Waals surface area contributed by atoms with Crippen molar-refractivity contribution in [2.45, 2.75) is 18.9 Å². The minimum atomic E-state index is -0.350. The Morgan fingerprint density at radius 1 is 1.56 bits per heavy atom. The van der Waals surface area contributed by atoms with Gasteiger partial charge < -0.3 is 15.9 Å². The first-order valence-electron chi connectivity index (χ1n) is 6.19. The van der Waals surface area contributed by atoms with Gasteiger partial charge in [-0.25, -0.2) is 4.79 Å². The van der Waals surface area contributed by atoms with E-state index in [1.165, 1.54) is 0 Å². The lowest BCUT2D eigenvalue weighted by Crippen LogP contribution is -2.27. The Labute approximate surface area is 104 Å². The first-order chi connectivity index (χ1) is 8.62. The highest BCUT2D eigenvalue weighted by Gasteiger charge is 2.66. The zero-order valence-corrected chi connectivity index (χ0v) is 9.99. The van der Waals surface area contributed by atoms with Crippen LogP contribution in [0.5, 0.6) is 0 Å². The van der Waals surface area contributed by atoms with Gasteiger partial charge >= 0.3 is 5.69 Å². The molecule has 0 amide bonds. The van der Waals surface area contributed by atoms with E-state index >= 15 is 0 Å². The number of nitrogens with two attached hydrogens (primary N) is 1. The van der Waals surface area contributed by atoms with Crippen LogP contribution in [-0.4, -0.2) is 33.0 Å². The van der Waals surface area contributed by atoms with Crippen molar-refractivity contribution in [3.8, 4) is 0 Å². The Hall–Kier alpha value is -1.40. The zero-order valence-electron chi connectivity index (χ0n) is 9.99. The lowest BCUT2D eigenvalue weighted by molar-refractivity contribution is 0.112. The van der Waals surface area contributed by atoms with Gasteiger partial charge in [-0.1, -0.05) is 0 Å². The summed E-state index contributed by atoms with van der Waals surface area (Å²) in [5.41, 5.74) is 4.94. The predicted octanol–water partition coefficient (Wildman–Crippen LogP) is -0.623. The third-order valence-electron chi connectivity index (χ3n) is 4.71. The second-order valence-corrected chi connectivity index (χ2v) is 5.43. The average Bonchev–Trinajstić information content (AvgIpc) is 3.01. The second kappa shape index (κ2) is 3.80. The Kier molecular flexibility index (Phi) is 2.46. The first-order valence-corrected chi connectivity index (χ1v) is 6.19. The second-order valence-electron chi connectivity index (χ2n) is 5.43.